The Hall–Kier alpha value is -1.56. The van der Waals surface area contributed by atoms with Gasteiger partial charge in [-0.1, -0.05) is 11.6 Å². The highest BCUT2D eigenvalue weighted by Crippen LogP contribution is 2.20. The van der Waals surface area contributed by atoms with Crippen molar-refractivity contribution in [2.24, 2.45) is 7.05 Å². The number of anilines is 1. The Morgan fingerprint density at radius 3 is 2.89 bits per heavy atom. The Morgan fingerprint density at radius 1 is 1.61 bits per heavy atom. The van der Waals surface area contributed by atoms with Crippen molar-refractivity contribution in [3.63, 3.8) is 0 Å². The lowest BCUT2D eigenvalue weighted by atomic mass is 10.3. The summed E-state index contributed by atoms with van der Waals surface area (Å²) in [7, 11) is 1.52. The molecule has 98 valence electrons. The van der Waals surface area contributed by atoms with Crippen LogP contribution in [-0.2, 0) is 11.8 Å². The van der Waals surface area contributed by atoms with Crippen LogP contribution in [0.5, 0.6) is 0 Å². The topological polar surface area (TPSA) is 76.0 Å². The molecule has 2 rings (SSSR count). The summed E-state index contributed by atoms with van der Waals surface area (Å²) in [6.07, 6.45) is 3.50. The molecule has 1 aromatic rings. The summed E-state index contributed by atoms with van der Waals surface area (Å²) in [4.78, 5) is 23.3. The predicted molar refractivity (Wildman–Crippen MR) is 68.7 cm³/mol. The number of amides is 1. The number of aromatic nitrogens is 2. The third kappa shape index (κ3) is 2.81. The summed E-state index contributed by atoms with van der Waals surface area (Å²) in [6, 6.07) is -0.156. The number of halogens is 1. The number of hydrogen-bond donors (Lipinski definition) is 2. The zero-order chi connectivity index (χ0) is 13.3. The van der Waals surface area contributed by atoms with Gasteiger partial charge in [-0.05, 0) is 19.8 Å². The Labute approximate surface area is 109 Å². The van der Waals surface area contributed by atoms with E-state index in [-0.39, 0.29) is 10.9 Å². The third-order valence-electron chi connectivity index (χ3n) is 2.77. The molecule has 0 saturated heterocycles. The quantitative estimate of drug-likeness (QED) is 0.836. The predicted octanol–water partition coefficient (Wildman–Crippen LogP) is 0.513. The molecule has 1 aliphatic carbocycles. The SMILES string of the molecule is CC(Nc1cnn(C)c(=O)c1Cl)C(=O)NC1CC1. The van der Waals surface area contributed by atoms with E-state index in [9.17, 15) is 9.59 Å². The zero-order valence-corrected chi connectivity index (χ0v) is 11.0. The highest BCUT2D eigenvalue weighted by atomic mass is 35.5. The second-order valence-corrected chi connectivity index (χ2v) is 4.83. The fraction of sp³-hybridized carbons (Fsp3) is 0.545. The monoisotopic (exact) mass is 270 g/mol. The second-order valence-electron chi connectivity index (χ2n) is 4.45. The summed E-state index contributed by atoms with van der Waals surface area (Å²) in [5.41, 5.74) is -0.0188. The first-order valence-corrected chi connectivity index (χ1v) is 6.15. The van der Waals surface area contributed by atoms with E-state index >= 15 is 0 Å². The van der Waals surface area contributed by atoms with E-state index in [0.717, 1.165) is 17.5 Å². The molecule has 6 nitrogen and oxygen atoms in total. The molecule has 0 radical (unpaired) electrons. The molecular formula is C11H15ClN4O2. The van der Waals surface area contributed by atoms with Crippen molar-refractivity contribution in [1.29, 1.82) is 0 Å². The van der Waals surface area contributed by atoms with Gasteiger partial charge in [0.2, 0.25) is 5.91 Å². The maximum absolute atomic E-state index is 11.7. The minimum atomic E-state index is -0.461. The van der Waals surface area contributed by atoms with Crippen molar-refractivity contribution in [1.82, 2.24) is 15.1 Å². The van der Waals surface area contributed by atoms with Crippen LogP contribution in [0.15, 0.2) is 11.0 Å². The largest absolute Gasteiger partial charge is 0.371 e. The van der Waals surface area contributed by atoms with Gasteiger partial charge < -0.3 is 10.6 Å². The van der Waals surface area contributed by atoms with Crippen molar-refractivity contribution in [2.75, 3.05) is 5.32 Å². The van der Waals surface area contributed by atoms with Crippen LogP contribution in [0.4, 0.5) is 5.69 Å². The van der Waals surface area contributed by atoms with Crippen LogP contribution >= 0.6 is 11.6 Å². The molecule has 2 N–H and O–H groups in total. The van der Waals surface area contributed by atoms with Gasteiger partial charge in [0.05, 0.1) is 11.9 Å². The van der Waals surface area contributed by atoms with Gasteiger partial charge in [-0.3, -0.25) is 9.59 Å². The number of aryl methyl sites for hydroxylation is 1. The molecule has 0 spiro atoms. The molecule has 1 saturated carbocycles. The maximum Gasteiger partial charge on any atom is 0.287 e. The number of nitrogens with zero attached hydrogens (tertiary/aromatic N) is 2. The first-order chi connectivity index (χ1) is 8.49. The number of nitrogens with one attached hydrogen (secondary N) is 2. The molecule has 0 aliphatic heterocycles. The van der Waals surface area contributed by atoms with Crippen LogP contribution in [0.25, 0.3) is 0 Å². The summed E-state index contributed by atoms with van der Waals surface area (Å²) < 4.78 is 1.14. The fourth-order valence-electron chi connectivity index (χ4n) is 1.46. The van der Waals surface area contributed by atoms with Gasteiger partial charge in [0.25, 0.3) is 5.56 Å². The Kier molecular flexibility index (Phi) is 3.56. The van der Waals surface area contributed by atoms with E-state index in [2.05, 4.69) is 15.7 Å². The van der Waals surface area contributed by atoms with Gasteiger partial charge in [0.15, 0.2) is 0 Å². The molecule has 1 atom stereocenters. The van der Waals surface area contributed by atoms with Crippen LogP contribution < -0.4 is 16.2 Å². The molecule has 1 unspecified atom stereocenters. The van der Waals surface area contributed by atoms with E-state index in [1.54, 1.807) is 6.92 Å². The van der Waals surface area contributed by atoms with Crippen LogP contribution in [0, 0.1) is 0 Å². The summed E-state index contributed by atoms with van der Waals surface area (Å²) in [5.74, 6) is -0.103. The van der Waals surface area contributed by atoms with Gasteiger partial charge in [-0.25, -0.2) is 4.68 Å². The van der Waals surface area contributed by atoms with Crippen LogP contribution in [-0.4, -0.2) is 27.8 Å². The lowest BCUT2D eigenvalue weighted by Crippen LogP contribution is -2.39. The van der Waals surface area contributed by atoms with Gasteiger partial charge >= 0.3 is 0 Å². The summed E-state index contributed by atoms with van der Waals surface area (Å²) in [5, 5.41) is 9.65. The van der Waals surface area contributed by atoms with Crippen LogP contribution in [0.2, 0.25) is 5.02 Å². The van der Waals surface area contributed by atoms with E-state index in [1.165, 1.54) is 13.2 Å². The normalized spacial score (nSPS) is 16.2. The molecule has 0 bridgehead atoms. The van der Waals surface area contributed by atoms with E-state index in [0.29, 0.717) is 11.7 Å². The number of hydrogen-bond acceptors (Lipinski definition) is 4. The highest BCUT2D eigenvalue weighted by molar-refractivity contribution is 6.33. The molecule has 0 aromatic carbocycles. The minimum absolute atomic E-state index is 0.0403. The number of carbonyl (C=O) groups is 1. The molecular weight excluding hydrogens is 256 g/mol. The van der Waals surface area contributed by atoms with Gasteiger partial charge in [-0.2, -0.15) is 5.10 Å². The number of carbonyl (C=O) groups excluding carboxylic acids is 1. The highest BCUT2D eigenvalue weighted by Gasteiger charge is 2.25. The fourth-order valence-corrected chi connectivity index (χ4v) is 1.69. The van der Waals surface area contributed by atoms with Gasteiger partial charge in [0, 0.05) is 13.1 Å². The lowest BCUT2D eigenvalue weighted by molar-refractivity contribution is -0.121. The molecule has 1 amide bonds. The molecule has 1 aliphatic rings. The summed E-state index contributed by atoms with van der Waals surface area (Å²) >= 11 is 5.90. The van der Waals surface area contributed by atoms with Crippen LogP contribution in [0.3, 0.4) is 0 Å². The van der Waals surface area contributed by atoms with Crippen molar-refractivity contribution in [3.8, 4) is 0 Å². The van der Waals surface area contributed by atoms with E-state index in [1.807, 2.05) is 0 Å². The minimum Gasteiger partial charge on any atom is -0.371 e. The zero-order valence-electron chi connectivity index (χ0n) is 10.2. The van der Waals surface area contributed by atoms with Gasteiger partial charge in [0.1, 0.15) is 11.1 Å². The molecule has 1 heterocycles. The number of rotatable bonds is 4. The first-order valence-electron chi connectivity index (χ1n) is 5.77. The van der Waals surface area contributed by atoms with Crippen molar-refractivity contribution in [3.05, 3.63) is 21.6 Å². The Balaban J connectivity index is 2.06. The maximum atomic E-state index is 11.7. The molecule has 1 aromatic heterocycles. The lowest BCUT2D eigenvalue weighted by Gasteiger charge is -2.15. The smallest absolute Gasteiger partial charge is 0.287 e. The van der Waals surface area contributed by atoms with Crippen molar-refractivity contribution >= 4 is 23.2 Å². The Morgan fingerprint density at radius 2 is 2.28 bits per heavy atom. The van der Waals surface area contributed by atoms with E-state index in [4.69, 9.17) is 11.6 Å². The third-order valence-corrected chi connectivity index (χ3v) is 3.13. The molecule has 1 fully saturated rings. The molecule has 18 heavy (non-hydrogen) atoms. The van der Waals surface area contributed by atoms with Crippen molar-refractivity contribution in [2.45, 2.75) is 31.8 Å². The average molecular weight is 271 g/mol. The van der Waals surface area contributed by atoms with Crippen LogP contribution in [0.1, 0.15) is 19.8 Å². The second kappa shape index (κ2) is 4.97. The van der Waals surface area contributed by atoms with E-state index < -0.39 is 11.6 Å². The first kappa shape index (κ1) is 12.9. The van der Waals surface area contributed by atoms with Crippen molar-refractivity contribution < 1.29 is 4.79 Å². The average Bonchev–Trinajstić information content (AvgIpc) is 3.13. The Bertz CT molecular complexity index is 524. The van der Waals surface area contributed by atoms with Gasteiger partial charge in [-0.15, -0.1) is 0 Å². The molecule has 7 heteroatoms. The summed E-state index contributed by atoms with van der Waals surface area (Å²) in [6.45, 7) is 1.71. The standard InChI is InChI=1S/C11H15ClN4O2/c1-6(10(17)15-7-3-4-7)14-8-5-13-16(2)11(18)9(8)12/h5-7,14H,3-4H2,1-2H3,(H,15,17).